The van der Waals surface area contributed by atoms with Crippen molar-refractivity contribution in [1.82, 2.24) is 4.57 Å². The van der Waals surface area contributed by atoms with Gasteiger partial charge in [0.25, 0.3) is 0 Å². The molecule has 0 saturated carbocycles. The first-order chi connectivity index (χ1) is 8.29. The zero-order valence-corrected chi connectivity index (χ0v) is 11.8. The molecule has 1 aromatic carbocycles. The van der Waals surface area contributed by atoms with E-state index < -0.39 is 11.7 Å². The number of aromatic nitrogens is 1. The zero-order valence-electron chi connectivity index (χ0n) is 10.3. The Morgan fingerprint density at radius 1 is 1.17 bits per heavy atom. The molecule has 3 nitrogen and oxygen atoms in total. The second-order valence-electron chi connectivity index (χ2n) is 4.96. The van der Waals surface area contributed by atoms with Crippen molar-refractivity contribution >= 4 is 40.2 Å². The number of carbonyl (C=O) groups is 1. The summed E-state index contributed by atoms with van der Waals surface area (Å²) in [5, 5.41) is 1.75. The molecular weight excluding hydrogens is 273 g/mol. The van der Waals surface area contributed by atoms with Crippen LogP contribution in [0, 0.1) is 0 Å². The first-order valence-corrected chi connectivity index (χ1v) is 6.23. The molecule has 0 unspecified atom stereocenters. The molecule has 0 aliphatic heterocycles. The molecule has 0 aliphatic carbocycles. The number of fused-ring (bicyclic) bond motifs is 1. The van der Waals surface area contributed by atoms with E-state index in [0.29, 0.717) is 15.6 Å². The normalized spacial score (nSPS) is 11.8. The van der Waals surface area contributed by atoms with Gasteiger partial charge >= 0.3 is 6.09 Å². The summed E-state index contributed by atoms with van der Waals surface area (Å²) in [6, 6.07) is 5.10. The van der Waals surface area contributed by atoms with E-state index >= 15 is 0 Å². The minimum Gasteiger partial charge on any atom is -0.443 e. The van der Waals surface area contributed by atoms with Crippen molar-refractivity contribution in [2.45, 2.75) is 26.4 Å². The molecule has 0 N–H and O–H groups in total. The maximum atomic E-state index is 12.0. The summed E-state index contributed by atoms with van der Waals surface area (Å²) in [7, 11) is 0. The zero-order chi connectivity index (χ0) is 13.5. The minimum absolute atomic E-state index is 0.463. The van der Waals surface area contributed by atoms with Crippen LogP contribution in [-0.2, 0) is 4.74 Å². The Morgan fingerprint density at radius 2 is 1.78 bits per heavy atom. The molecule has 0 aliphatic rings. The Kier molecular flexibility index (Phi) is 3.30. The Balaban J connectivity index is 2.53. The van der Waals surface area contributed by atoms with Crippen LogP contribution in [0.4, 0.5) is 4.79 Å². The van der Waals surface area contributed by atoms with Crippen molar-refractivity contribution in [2.75, 3.05) is 0 Å². The molecule has 18 heavy (non-hydrogen) atoms. The molecule has 0 saturated heterocycles. The lowest BCUT2D eigenvalue weighted by atomic mass is 10.2. The molecule has 96 valence electrons. The smallest absolute Gasteiger partial charge is 0.419 e. The van der Waals surface area contributed by atoms with Gasteiger partial charge in [0.15, 0.2) is 0 Å². The van der Waals surface area contributed by atoms with Gasteiger partial charge in [0.05, 0.1) is 15.6 Å². The number of halogens is 2. The van der Waals surface area contributed by atoms with E-state index in [1.807, 2.05) is 20.8 Å². The summed E-state index contributed by atoms with van der Waals surface area (Å²) < 4.78 is 6.68. The monoisotopic (exact) mass is 285 g/mol. The van der Waals surface area contributed by atoms with Crippen LogP contribution in [0.3, 0.4) is 0 Å². The number of hydrogen-bond acceptors (Lipinski definition) is 2. The molecule has 2 aromatic rings. The van der Waals surface area contributed by atoms with Crippen molar-refractivity contribution in [3.63, 3.8) is 0 Å². The van der Waals surface area contributed by atoms with Gasteiger partial charge in [-0.25, -0.2) is 4.79 Å². The van der Waals surface area contributed by atoms with Gasteiger partial charge in [-0.05, 0) is 39.0 Å². The molecule has 1 heterocycles. The highest BCUT2D eigenvalue weighted by Gasteiger charge is 2.20. The van der Waals surface area contributed by atoms with Crippen LogP contribution in [-0.4, -0.2) is 16.3 Å². The lowest BCUT2D eigenvalue weighted by molar-refractivity contribution is 0.0544. The fraction of sp³-hybridized carbons (Fsp3) is 0.308. The van der Waals surface area contributed by atoms with Crippen LogP contribution in [0.1, 0.15) is 20.8 Å². The lowest BCUT2D eigenvalue weighted by Gasteiger charge is -2.20. The Bertz CT molecular complexity index is 611. The van der Waals surface area contributed by atoms with E-state index in [4.69, 9.17) is 27.9 Å². The third-order valence-corrected chi connectivity index (χ3v) is 2.97. The van der Waals surface area contributed by atoms with Crippen molar-refractivity contribution < 1.29 is 9.53 Å². The summed E-state index contributed by atoms with van der Waals surface area (Å²) in [4.78, 5) is 12.0. The van der Waals surface area contributed by atoms with Crippen LogP contribution in [0.5, 0.6) is 0 Å². The molecule has 5 heteroatoms. The molecular formula is C13H13Cl2NO2. The molecule has 0 amide bonds. The van der Waals surface area contributed by atoms with Gasteiger partial charge in [-0.1, -0.05) is 23.2 Å². The predicted octanol–water partition coefficient (Wildman–Crippen LogP) is 4.73. The van der Waals surface area contributed by atoms with Gasteiger partial charge in [0.2, 0.25) is 0 Å². The molecule has 0 bridgehead atoms. The summed E-state index contributed by atoms with van der Waals surface area (Å²) in [6.45, 7) is 5.43. The topological polar surface area (TPSA) is 31.2 Å². The van der Waals surface area contributed by atoms with E-state index in [9.17, 15) is 4.79 Å². The number of nitrogens with zero attached hydrogens (tertiary/aromatic N) is 1. The van der Waals surface area contributed by atoms with E-state index in [1.54, 1.807) is 24.4 Å². The van der Waals surface area contributed by atoms with Crippen molar-refractivity contribution in [3.05, 3.63) is 34.4 Å². The van der Waals surface area contributed by atoms with Crippen LogP contribution >= 0.6 is 23.2 Å². The van der Waals surface area contributed by atoms with Crippen molar-refractivity contribution in [2.24, 2.45) is 0 Å². The summed E-state index contributed by atoms with van der Waals surface area (Å²) in [5.41, 5.74) is 0.0112. The molecule has 2 rings (SSSR count). The number of ether oxygens (including phenoxy) is 1. The third-order valence-electron chi connectivity index (χ3n) is 2.34. The van der Waals surface area contributed by atoms with E-state index in [1.165, 1.54) is 4.57 Å². The summed E-state index contributed by atoms with van der Waals surface area (Å²) in [5.74, 6) is 0. The fourth-order valence-corrected chi connectivity index (χ4v) is 2.12. The first kappa shape index (κ1) is 13.2. The van der Waals surface area contributed by atoms with Crippen molar-refractivity contribution in [1.29, 1.82) is 0 Å². The summed E-state index contributed by atoms with van der Waals surface area (Å²) >= 11 is 12.2. The molecule has 0 atom stereocenters. The van der Waals surface area contributed by atoms with Gasteiger partial charge in [0.1, 0.15) is 5.60 Å². The standard InChI is InChI=1S/C13H13Cl2NO2/c1-13(2,3)18-12(17)16-7-6-8-9(14)4-5-10(15)11(8)16/h4-7H,1-3H3. The highest BCUT2D eigenvalue weighted by molar-refractivity contribution is 6.40. The van der Waals surface area contributed by atoms with Gasteiger partial charge in [-0.15, -0.1) is 0 Å². The lowest BCUT2D eigenvalue weighted by Crippen LogP contribution is -2.26. The SMILES string of the molecule is CC(C)(C)OC(=O)n1ccc2c(Cl)ccc(Cl)c21. The highest BCUT2D eigenvalue weighted by Crippen LogP contribution is 2.31. The van der Waals surface area contributed by atoms with Crippen LogP contribution in [0.25, 0.3) is 10.9 Å². The molecule has 0 spiro atoms. The van der Waals surface area contributed by atoms with E-state index in [-0.39, 0.29) is 0 Å². The van der Waals surface area contributed by atoms with Crippen molar-refractivity contribution in [3.8, 4) is 0 Å². The second-order valence-corrected chi connectivity index (χ2v) is 5.77. The average Bonchev–Trinajstić information content (AvgIpc) is 2.66. The maximum Gasteiger partial charge on any atom is 0.419 e. The number of hydrogen-bond donors (Lipinski definition) is 0. The Hall–Kier alpha value is -1.19. The van der Waals surface area contributed by atoms with Gasteiger partial charge in [0, 0.05) is 11.6 Å². The third kappa shape index (κ3) is 2.47. The Morgan fingerprint density at radius 3 is 2.39 bits per heavy atom. The number of carbonyl (C=O) groups excluding carboxylic acids is 1. The average molecular weight is 286 g/mol. The molecule has 0 fully saturated rings. The fourth-order valence-electron chi connectivity index (χ4n) is 1.65. The molecule has 1 aromatic heterocycles. The van der Waals surface area contributed by atoms with E-state index in [2.05, 4.69) is 0 Å². The Labute approximate surface area is 115 Å². The predicted molar refractivity (Wildman–Crippen MR) is 73.6 cm³/mol. The number of benzene rings is 1. The van der Waals surface area contributed by atoms with Crippen LogP contribution in [0.2, 0.25) is 10.0 Å². The number of rotatable bonds is 0. The van der Waals surface area contributed by atoms with Gasteiger partial charge < -0.3 is 4.74 Å². The summed E-state index contributed by atoms with van der Waals surface area (Å²) in [6.07, 6.45) is 1.14. The first-order valence-electron chi connectivity index (χ1n) is 5.48. The second kappa shape index (κ2) is 4.48. The van der Waals surface area contributed by atoms with Crippen LogP contribution in [0.15, 0.2) is 24.4 Å². The van der Waals surface area contributed by atoms with Gasteiger partial charge in [-0.2, -0.15) is 0 Å². The minimum atomic E-state index is -0.557. The highest BCUT2D eigenvalue weighted by atomic mass is 35.5. The van der Waals surface area contributed by atoms with E-state index in [0.717, 1.165) is 5.39 Å². The van der Waals surface area contributed by atoms with Crippen LogP contribution < -0.4 is 0 Å². The maximum absolute atomic E-state index is 12.0. The molecule has 0 radical (unpaired) electrons. The largest absolute Gasteiger partial charge is 0.443 e. The quantitative estimate of drug-likeness (QED) is 0.701. The van der Waals surface area contributed by atoms with Gasteiger partial charge in [-0.3, -0.25) is 4.57 Å².